The Kier molecular flexibility index (Phi) is 6.38. The average molecular weight is 520 g/mol. The molecule has 2 aromatic carbocycles. The molecule has 1 saturated carbocycles. The Morgan fingerprint density at radius 3 is 2.65 bits per heavy atom. The van der Waals surface area contributed by atoms with Gasteiger partial charge in [0.15, 0.2) is 0 Å². The molecule has 188 valence electrons. The summed E-state index contributed by atoms with van der Waals surface area (Å²) < 4.78 is 28.1. The third-order valence-corrected chi connectivity index (χ3v) is 6.61. The maximum absolute atomic E-state index is 14.3. The molecular weight excluding hydrogens is 495 g/mol. The summed E-state index contributed by atoms with van der Waals surface area (Å²) in [5.41, 5.74) is 6.30. The first-order valence-electron chi connectivity index (χ1n) is 11.9. The van der Waals surface area contributed by atoms with Crippen molar-refractivity contribution in [2.45, 2.75) is 43.8 Å². The van der Waals surface area contributed by atoms with E-state index in [1.807, 2.05) is 11.2 Å². The highest BCUT2D eigenvalue weighted by Crippen LogP contribution is 2.38. The highest BCUT2D eigenvalue weighted by Gasteiger charge is 2.37. The second-order valence-corrected chi connectivity index (χ2v) is 10.4. The van der Waals surface area contributed by atoms with Gasteiger partial charge < -0.3 is 16.1 Å². The van der Waals surface area contributed by atoms with E-state index < -0.39 is 11.1 Å². The summed E-state index contributed by atoms with van der Waals surface area (Å²) in [4.78, 5) is 4.35. The van der Waals surface area contributed by atoms with E-state index in [-0.39, 0.29) is 17.9 Å². The first-order chi connectivity index (χ1) is 17.6. The first kappa shape index (κ1) is 25.1. The highest BCUT2D eigenvalue weighted by atomic mass is 35.5. The molecule has 1 atom stereocenters. The van der Waals surface area contributed by atoms with E-state index in [0.29, 0.717) is 44.6 Å². The number of anilines is 2. The average Bonchev–Trinajstić information content (AvgIpc) is 3.58. The molecule has 7 nitrogen and oxygen atoms in total. The Morgan fingerprint density at radius 2 is 2.00 bits per heavy atom. The molecule has 11 heteroatoms. The van der Waals surface area contributed by atoms with Crippen LogP contribution in [0.2, 0.25) is 5.02 Å². The van der Waals surface area contributed by atoms with E-state index in [1.165, 1.54) is 32.2 Å². The van der Waals surface area contributed by atoms with Gasteiger partial charge in [0.05, 0.1) is 32.9 Å². The van der Waals surface area contributed by atoms with Crippen molar-refractivity contribution in [2.24, 2.45) is 0 Å². The Hall–Kier alpha value is -3.55. The maximum atomic E-state index is 14.3. The van der Waals surface area contributed by atoms with Gasteiger partial charge in [-0.3, -0.25) is 9.99 Å². The lowest BCUT2D eigenvalue weighted by Crippen LogP contribution is -2.45. The minimum atomic E-state index is -1.52. The van der Waals surface area contributed by atoms with E-state index in [9.17, 15) is 14.0 Å². The minimum Gasteiger partial charge on any atom is -0.380 e. The summed E-state index contributed by atoms with van der Waals surface area (Å²) >= 11 is 6.62. The van der Waals surface area contributed by atoms with Gasteiger partial charge in [0, 0.05) is 36.1 Å². The van der Waals surface area contributed by atoms with E-state index >= 15 is 0 Å². The minimum absolute atomic E-state index is 0.0219. The second kappa shape index (κ2) is 9.40. The smallest absolute Gasteiger partial charge is 0.123 e. The number of nitrogens with zero attached hydrogens (tertiary/aromatic N) is 3. The number of nitriles is 1. The number of hydrogen-bond acceptors (Lipinski definition) is 7. The lowest BCUT2D eigenvalue weighted by molar-refractivity contribution is 0.235. The van der Waals surface area contributed by atoms with Crippen molar-refractivity contribution in [1.29, 1.82) is 5.26 Å². The summed E-state index contributed by atoms with van der Waals surface area (Å²) in [6.07, 6.45) is 5.44. The van der Waals surface area contributed by atoms with Crippen LogP contribution in [0.3, 0.4) is 0 Å². The maximum Gasteiger partial charge on any atom is 0.123 e. The van der Waals surface area contributed by atoms with E-state index in [4.69, 9.17) is 19.4 Å². The largest absolute Gasteiger partial charge is 0.380 e. The molecule has 2 aliphatic rings. The van der Waals surface area contributed by atoms with Gasteiger partial charge in [0.1, 0.15) is 25.4 Å². The monoisotopic (exact) mass is 519 g/mol. The molecule has 2 radical (unpaired) electrons. The molecule has 0 amide bonds. The molecule has 1 aliphatic carbocycles. The van der Waals surface area contributed by atoms with Gasteiger partial charge in [-0.15, -0.1) is 5.53 Å². The third-order valence-electron chi connectivity index (χ3n) is 6.32. The lowest BCUT2D eigenvalue weighted by atomic mass is 9.69. The Labute approximate surface area is 220 Å². The number of alkyl halides is 1. The number of rotatable bonds is 8. The summed E-state index contributed by atoms with van der Waals surface area (Å²) in [7, 11) is 6.99. The topological polar surface area (TPSA) is 88.0 Å². The van der Waals surface area contributed by atoms with Crippen molar-refractivity contribution in [3.63, 3.8) is 0 Å². The molecule has 0 saturated heterocycles. The standard InChI is InChI=1S/C26H25BClF2N7/c1-25(2,30)14-33-23-15(11-31)12-32-24-20(23)9-18(10-21(24)28)34-26(27,16-3-5-17(29)6-4-16)22-13-37(36-35-22)19-7-8-19/h3-6,9-10,12-13,19,34-36H,7-8,14H2,1-2H3,(H,32,33). The Morgan fingerprint density at radius 1 is 1.27 bits per heavy atom. The number of halogens is 3. The molecule has 1 aliphatic heterocycles. The van der Waals surface area contributed by atoms with Crippen LogP contribution in [-0.2, 0) is 5.44 Å². The normalized spacial score (nSPS) is 17.1. The molecule has 1 unspecified atom stereocenters. The molecule has 0 bridgehead atoms. The third kappa shape index (κ3) is 5.15. The van der Waals surface area contributed by atoms with Crippen molar-refractivity contribution in [2.75, 3.05) is 17.2 Å². The number of fused-ring (bicyclic) bond motifs is 1. The van der Waals surface area contributed by atoms with Crippen molar-refractivity contribution in [1.82, 2.24) is 21.0 Å². The molecule has 4 N–H and O–H groups in total. The van der Waals surface area contributed by atoms with Gasteiger partial charge in [-0.1, -0.05) is 23.7 Å². The SMILES string of the molecule is [B]C(Nc1cc(Cl)c2ncc(C#N)c(NCC(C)(C)F)c2c1)(C1=CN(C2CC2)NN1)c1ccc(F)cc1. The fraction of sp³-hybridized carbons (Fsp3) is 0.308. The fourth-order valence-corrected chi connectivity index (χ4v) is 4.49. The summed E-state index contributed by atoms with van der Waals surface area (Å²) in [6.45, 7) is 2.87. The van der Waals surface area contributed by atoms with Crippen LogP contribution < -0.4 is 21.6 Å². The summed E-state index contributed by atoms with van der Waals surface area (Å²) in [6, 6.07) is 11.8. The van der Waals surface area contributed by atoms with Gasteiger partial charge in [-0.25, -0.2) is 8.78 Å². The molecular formula is C26H25BClF2N7. The number of pyridine rings is 1. The fourth-order valence-electron chi connectivity index (χ4n) is 4.22. The van der Waals surface area contributed by atoms with Gasteiger partial charge in [-0.2, -0.15) is 5.26 Å². The van der Waals surface area contributed by atoms with E-state index in [2.05, 4.69) is 32.6 Å². The summed E-state index contributed by atoms with van der Waals surface area (Å²) in [5.74, 6) is -0.382. The molecule has 1 fully saturated rings. The van der Waals surface area contributed by atoms with E-state index in [0.717, 1.165) is 12.8 Å². The quantitative estimate of drug-likeness (QED) is 0.317. The Balaban J connectivity index is 1.60. The van der Waals surface area contributed by atoms with Crippen molar-refractivity contribution in [3.8, 4) is 6.07 Å². The second-order valence-electron chi connectivity index (χ2n) is 9.94. The molecule has 37 heavy (non-hydrogen) atoms. The van der Waals surface area contributed by atoms with Gasteiger partial charge >= 0.3 is 0 Å². The molecule has 5 rings (SSSR count). The first-order valence-corrected chi connectivity index (χ1v) is 12.3. The number of benzene rings is 2. The molecule has 0 spiro atoms. The van der Waals surface area contributed by atoms with Crippen LogP contribution in [0.25, 0.3) is 10.9 Å². The molecule has 2 heterocycles. The van der Waals surface area contributed by atoms with Crippen LogP contribution in [0.4, 0.5) is 20.2 Å². The predicted octanol–water partition coefficient (Wildman–Crippen LogP) is 4.82. The van der Waals surface area contributed by atoms with Gasteiger partial charge in [0.25, 0.3) is 0 Å². The van der Waals surface area contributed by atoms with Crippen LogP contribution >= 0.6 is 11.6 Å². The zero-order chi connectivity index (χ0) is 26.4. The van der Waals surface area contributed by atoms with Crippen LogP contribution in [0, 0.1) is 17.1 Å². The lowest BCUT2D eigenvalue weighted by Gasteiger charge is -2.34. The van der Waals surface area contributed by atoms with Crippen molar-refractivity contribution in [3.05, 3.63) is 76.5 Å². The van der Waals surface area contributed by atoms with Gasteiger partial charge in [0.2, 0.25) is 0 Å². The summed E-state index contributed by atoms with van der Waals surface area (Å²) in [5, 5.41) is 18.9. The zero-order valence-electron chi connectivity index (χ0n) is 20.4. The number of aromatic nitrogens is 1. The van der Waals surface area contributed by atoms with Gasteiger partial charge in [-0.05, 0) is 56.5 Å². The molecule has 1 aromatic heterocycles. The zero-order valence-corrected chi connectivity index (χ0v) is 21.1. The van der Waals surface area contributed by atoms with E-state index in [1.54, 1.807) is 24.3 Å². The Bertz CT molecular complexity index is 1410. The van der Waals surface area contributed by atoms with Crippen LogP contribution in [0.1, 0.15) is 37.8 Å². The van der Waals surface area contributed by atoms with Crippen LogP contribution in [0.5, 0.6) is 0 Å². The number of hydrazine groups is 2. The van der Waals surface area contributed by atoms with Crippen LogP contribution in [-0.4, -0.2) is 36.1 Å². The van der Waals surface area contributed by atoms with Crippen molar-refractivity contribution < 1.29 is 8.78 Å². The van der Waals surface area contributed by atoms with Crippen LogP contribution in [0.15, 0.2) is 54.5 Å². The number of hydrogen-bond donors (Lipinski definition) is 4. The molecule has 3 aromatic rings. The van der Waals surface area contributed by atoms with Crippen molar-refractivity contribution >= 4 is 41.7 Å². The highest BCUT2D eigenvalue weighted by molar-refractivity contribution is 6.36. The number of nitrogens with one attached hydrogen (secondary N) is 4. The predicted molar refractivity (Wildman–Crippen MR) is 142 cm³/mol.